The molecule has 0 spiro atoms. The molecule has 0 aliphatic carbocycles. The first kappa shape index (κ1) is 25.9. The van der Waals surface area contributed by atoms with Gasteiger partial charge in [-0.2, -0.15) is 9.41 Å². The van der Waals surface area contributed by atoms with Crippen molar-refractivity contribution in [3.63, 3.8) is 0 Å². The zero-order valence-electron chi connectivity index (χ0n) is 20.2. The molecule has 182 valence electrons. The molecule has 7 nitrogen and oxygen atoms in total. The Morgan fingerprint density at radius 2 is 1.85 bits per heavy atom. The predicted octanol–water partition coefficient (Wildman–Crippen LogP) is 5.10. The summed E-state index contributed by atoms with van der Waals surface area (Å²) in [6.45, 7) is 9.82. The molecule has 0 radical (unpaired) electrons. The fourth-order valence-corrected chi connectivity index (χ4v) is 5.69. The maximum Gasteiger partial charge on any atom is 0.243 e. The summed E-state index contributed by atoms with van der Waals surface area (Å²) in [6, 6.07) is 13.2. The number of nitrogens with zero attached hydrogens (tertiary/aromatic N) is 3. The molecule has 0 fully saturated rings. The van der Waals surface area contributed by atoms with Gasteiger partial charge in [0.25, 0.3) is 0 Å². The van der Waals surface area contributed by atoms with Crippen molar-refractivity contribution in [2.24, 2.45) is 5.10 Å². The molecule has 0 unspecified atom stereocenters. The van der Waals surface area contributed by atoms with Crippen molar-refractivity contribution in [2.45, 2.75) is 52.0 Å². The van der Waals surface area contributed by atoms with E-state index in [2.05, 4.69) is 20.4 Å². The monoisotopic (exact) mass is 499 g/mol. The molecule has 0 amide bonds. The number of anilines is 1. The van der Waals surface area contributed by atoms with E-state index in [0.717, 1.165) is 47.1 Å². The standard InChI is InChI=1S/C25H33N5O2S2/c1-5-13-30(14-6-2)34(31,32)22-11-12-24-23(16-22)20(18-29(24)7-3)17-26-28-25(33)27-21-10-8-9-19(4)15-21/h8-12,15-18H,5-7,13-14H2,1-4H3,(H2,27,28,33). The predicted molar refractivity (Wildman–Crippen MR) is 145 cm³/mol. The van der Waals surface area contributed by atoms with Gasteiger partial charge in [-0.3, -0.25) is 5.43 Å². The second kappa shape index (κ2) is 11.6. The third-order valence-electron chi connectivity index (χ3n) is 5.45. The van der Waals surface area contributed by atoms with Crippen molar-refractivity contribution < 1.29 is 8.42 Å². The molecule has 34 heavy (non-hydrogen) atoms. The van der Waals surface area contributed by atoms with E-state index in [-0.39, 0.29) is 0 Å². The fraction of sp³-hybridized carbons (Fsp3) is 0.360. The summed E-state index contributed by atoms with van der Waals surface area (Å²) >= 11 is 5.34. The third-order valence-corrected chi connectivity index (χ3v) is 7.54. The topological polar surface area (TPSA) is 78.7 Å². The van der Waals surface area contributed by atoms with Crippen LogP contribution in [-0.2, 0) is 16.6 Å². The van der Waals surface area contributed by atoms with E-state index in [4.69, 9.17) is 12.2 Å². The highest BCUT2D eigenvalue weighted by Gasteiger charge is 2.24. The Morgan fingerprint density at radius 1 is 1.12 bits per heavy atom. The van der Waals surface area contributed by atoms with Gasteiger partial charge in [0.15, 0.2) is 5.11 Å². The molecule has 3 rings (SSSR count). The SMILES string of the molecule is CCCN(CCC)S(=O)(=O)c1ccc2c(c1)c(C=NNC(=S)Nc1cccc(C)c1)cn2CC. The Balaban J connectivity index is 1.86. The largest absolute Gasteiger partial charge is 0.347 e. The smallest absolute Gasteiger partial charge is 0.243 e. The summed E-state index contributed by atoms with van der Waals surface area (Å²) in [5, 5.41) is 8.60. The lowest BCUT2D eigenvalue weighted by molar-refractivity contribution is 0.410. The van der Waals surface area contributed by atoms with E-state index in [0.29, 0.717) is 23.1 Å². The first-order chi connectivity index (χ1) is 16.3. The van der Waals surface area contributed by atoms with E-state index < -0.39 is 10.0 Å². The van der Waals surface area contributed by atoms with Gasteiger partial charge < -0.3 is 9.88 Å². The number of aryl methyl sites for hydroxylation is 2. The fourth-order valence-electron chi connectivity index (χ4n) is 3.87. The van der Waals surface area contributed by atoms with Crippen molar-refractivity contribution in [1.29, 1.82) is 0 Å². The van der Waals surface area contributed by atoms with Crippen LogP contribution in [0.3, 0.4) is 0 Å². The minimum Gasteiger partial charge on any atom is -0.347 e. The average molecular weight is 500 g/mol. The number of hydrazone groups is 1. The molecule has 0 aliphatic rings. The number of benzene rings is 2. The summed E-state index contributed by atoms with van der Waals surface area (Å²) in [4.78, 5) is 0.301. The quantitative estimate of drug-likeness (QED) is 0.230. The highest BCUT2D eigenvalue weighted by molar-refractivity contribution is 7.89. The lowest BCUT2D eigenvalue weighted by Gasteiger charge is -2.21. The molecular formula is C25H33N5O2S2. The maximum absolute atomic E-state index is 13.3. The number of nitrogens with one attached hydrogen (secondary N) is 2. The highest BCUT2D eigenvalue weighted by atomic mass is 32.2. The molecular weight excluding hydrogens is 466 g/mol. The van der Waals surface area contributed by atoms with Crippen molar-refractivity contribution in [1.82, 2.24) is 14.3 Å². The molecule has 0 saturated carbocycles. The van der Waals surface area contributed by atoms with Gasteiger partial charge >= 0.3 is 0 Å². The number of hydrogen-bond donors (Lipinski definition) is 2. The summed E-state index contributed by atoms with van der Waals surface area (Å²) < 4.78 is 30.2. The Morgan fingerprint density at radius 3 is 2.50 bits per heavy atom. The van der Waals surface area contributed by atoms with Gasteiger partial charge in [-0.05, 0) is 74.8 Å². The van der Waals surface area contributed by atoms with Crippen LogP contribution in [0.15, 0.2) is 58.7 Å². The van der Waals surface area contributed by atoms with Crippen LogP contribution in [0.1, 0.15) is 44.7 Å². The maximum atomic E-state index is 13.3. The van der Waals surface area contributed by atoms with E-state index in [1.165, 1.54) is 0 Å². The minimum atomic E-state index is -3.57. The van der Waals surface area contributed by atoms with Gasteiger partial charge in [0.2, 0.25) is 10.0 Å². The van der Waals surface area contributed by atoms with Crippen LogP contribution >= 0.6 is 12.2 Å². The van der Waals surface area contributed by atoms with E-state index in [9.17, 15) is 8.42 Å². The molecule has 2 aromatic carbocycles. The summed E-state index contributed by atoms with van der Waals surface area (Å²) in [7, 11) is -3.57. The van der Waals surface area contributed by atoms with Crippen molar-refractivity contribution in [2.75, 3.05) is 18.4 Å². The molecule has 0 saturated heterocycles. The first-order valence-electron chi connectivity index (χ1n) is 11.6. The number of hydrogen-bond acceptors (Lipinski definition) is 4. The van der Waals surface area contributed by atoms with Crippen LogP contribution < -0.4 is 10.7 Å². The number of thiocarbonyl (C=S) groups is 1. The second-order valence-electron chi connectivity index (χ2n) is 8.15. The number of aromatic nitrogens is 1. The number of fused-ring (bicyclic) bond motifs is 1. The lowest BCUT2D eigenvalue weighted by Crippen LogP contribution is -2.32. The van der Waals surface area contributed by atoms with Gasteiger partial charge in [0.1, 0.15) is 0 Å². The van der Waals surface area contributed by atoms with Crippen LogP contribution in [0.4, 0.5) is 5.69 Å². The Kier molecular flexibility index (Phi) is 8.82. The zero-order chi connectivity index (χ0) is 24.7. The van der Waals surface area contributed by atoms with Crippen LogP contribution in [0.25, 0.3) is 10.9 Å². The average Bonchev–Trinajstić information content (AvgIpc) is 3.16. The number of sulfonamides is 1. The Hall–Kier alpha value is -2.75. The van der Waals surface area contributed by atoms with Gasteiger partial charge in [-0.25, -0.2) is 8.42 Å². The molecule has 3 aromatic rings. The molecule has 0 atom stereocenters. The molecule has 1 aromatic heterocycles. The molecule has 9 heteroatoms. The van der Waals surface area contributed by atoms with Crippen LogP contribution in [-0.4, -0.2) is 41.7 Å². The van der Waals surface area contributed by atoms with Crippen LogP contribution in [0, 0.1) is 6.92 Å². The minimum absolute atomic E-state index is 0.301. The van der Waals surface area contributed by atoms with Crippen LogP contribution in [0.2, 0.25) is 0 Å². The first-order valence-corrected chi connectivity index (χ1v) is 13.4. The van der Waals surface area contributed by atoms with E-state index in [1.807, 2.05) is 64.2 Å². The van der Waals surface area contributed by atoms with Gasteiger partial charge in [0, 0.05) is 48.0 Å². The molecule has 2 N–H and O–H groups in total. The Bertz CT molecular complexity index is 1280. The van der Waals surface area contributed by atoms with E-state index in [1.54, 1.807) is 22.7 Å². The number of rotatable bonds is 10. The molecule has 1 heterocycles. The van der Waals surface area contributed by atoms with Gasteiger partial charge in [-0.15, -0.1) is 0 Å². The molecule has 0 bridgehead atoms. The van der Waals surface area contributed by atoms with Crippen LogP contribution in [0.5, 0.6) is 0 Å². The molecule has 0 aliphatic heterocycles. The van der Waals surface area contributed by atoms with Crippen molar-refractivity contribution in [3.05, 3.63) is 59.8 Å². The normalized spacial score (nSPS) is 12.0. The van der Waals surface area contributed by atoms with E-state index >= 15 is 0 Å². The summed E-state index contributed by atoms with van der Waals surface area (Å²) in [5.74, 6) is 0. The highest BCUT2D eigenvalue weighted by Crippen LogP contribution is 2.26. The summed E-state index contributed by atoms with van der Waals surface area (Å²) in [6.07, 6.45) is 5.19. The van der Waals surface area contributed by atoms with Crippen molar-refractivity contribution in [3.8, 4) is 0 Å². The van der Waals surface area contributed by atoms with Gasteiger partial charge in [0.05, 0.1) is 11.1 Å². The zero-order valence-corrected chi connectivity index (χ0v) is 21.8. The third kappa shape index (κ3) is 6.02. The lowest BCUT2D eigenvalue weighted by atomic mass is 10.2. The van der Waals surface area contributed by atoms with Crippen molar-refractivity contribution >= 4 is 50.2 Å². The van der Waals surface area contributed by atoms with Gasteiger partial charge in [-0.1, -0.05) is 26.0 Å². The Labute approximate surface area is 207 Å². The second-order valence-corrected chi connectivity index (χ2v) is 10.5. The summed E-state index contributed by atoms with van der Waals surface area (Å²) in [5.41, 5.74) is 6.63.